The number of nitrogens with one attached hydrogen (secondary N) is 1. The van der Waals surface area contributed by atoms with Gasteiger partial charge in [-0.25, -0.2) is 8.78 Å². The molecule has 1 aliphatic heterocycles. The van der Waals surface area contributed by atoms with E-state index in [0.717, 1.165) is 29.0 Å². The van der Waals surface area contributed by atoms with Crippen molar-refractivity contribution in [3.8, 4) is 0 Å². The smallest absolute Gasteiger partial charge is 0.251 e. The molecule has 3 nitrogen and oxygen atoms in total. The molecular weight excluding hydrogens is 320 g/mol. The molecule has 1 heterocycles. The van der Waals surface area contributed by atoms with Crippen LogP contribution in [0.3, 0.4) is 0 Å². The minimum atomic E-state index is -1.17. The monoisotopic (exact) mass is 335 g/mol. The van der Waals surface area contributed by atoms with Crippen molar-refractivity contribution in [1.29, 1.82) is 0 Å². The van der Waals surface area contributed by atoms with E-state index in [0.29, 0.717) is 5.75 Å². The molecule has 1 unspecified atom stereocenters. The SMILES string of the molecule is O=C(NCC1(O)CSCc2ccccc21)c1ccc(F)c(F)c1. The van der Waals surface area contributed by atoms with Gasteiger partial charge in [0.05, 0.1) is 6.54 Å². The number of fused-ring (bicyclic) bond motifs is 1. The molecule has 2 N–H and O–H groups in total. The first-order chi connectivity index (χ1) is 11.0. The van der Waals surface area contributed by atoms with E-state index in [1.165, 1.54) is 6.07 Å². The first-order valence-corrected chi connectivity index (χ1v) is 8.27. The van der Waals surface area contributed by atoms with Crippen LogP contribution in [-0.2, 0) is 11.4 Å². The summed E-state index contributed by atoms with van der Waals surface area (Å²) < 4.78 is 26.1. The number of amides is 1. The third-order valence-electron chi connectivity index (χ3n) is 3.84. The number of rotatable bonds is 3. The molecule has 0 saturated carbocycles. The molecular formula is C17H15F2NO2S. The van der Waals surface area contributed by atoms with Crippen LogP contribution in [0.2, 0.25) is 0 Å². The van der Waals surface area contributed by atoms with E-state index in [1.807, 2.05) is 24.3 Å². The average molecular weight is 335 g/mol. The summed E-state index contributed by atoms with van der Waals surface area (Å²) in [5.74, 6) is -1.35. The van der Waals surface area contributed by atoms with Gasteiger partial charge < -0.3 is 10.4 Å². The molecule has 1 amide bonds. The number of hydrogen-bond donors (Lipinski definition) is 2. The Balaban J connectivity index is 1.75. The summed E-state index contributed by atoms with van der Waals surface area (Å²) in [5.41, 5.74) is 0.676. The van der Waals surface area contributed by atoms with Gasteiger partial charge in [0.15, 0.2) is 11.6 Å². The molecule has 1 aliphatic rings. The fourth-order valence-electron chi connectivity index (χ4n) is 2.62. The molecule has 2 aromatic carbocycles. The Morgan fingerprint density at radius 3 is 2.78 bits per heavy atom. The summed E-state index contributed by atoms with van der Waals surface area (Å²) in [7, 11) is 0. The molecule has 0 aliphatic carbocycles. The Bertz CT molecular complexity index is 753. The molecule has 3 rings (SSSR count). The van der Waals surface area contributed by atoms with Gasteiger partial charge in [0.1, 0.15) is 5.60 Å². The van der Waals surface area contributed by atoms with E-state index >= 15 is 0 Å². The van der Waals surface area contributed by atoms with Crippen LogP contribution in [-0.4, -0.2) is 23.3 Å². The molecule has 23 heavy (non-hydrogen) atoms. The topological polar surface area (TPSA) is 49.3 Å². The molecule has 0 spiro atoms. The summed E-state index contributed by atoms with van der Waals surface area (Å²) in [6.07, 6.45) is 0. The zero-order chi connectivity index (χ0) is 16.4. The van der Waals surface area contributed by atoms with Crippen molar-refractivity contribution in [2.75, 3.05) is 12.3 Å². The van der Waals surface area contributed by atoms with E-state index in [1.54, 1.807) is 11.8 Å². The standard InChI is InChI=1S/C17H15F2NO2S/c18-14-6-5-11(7-15(14)19)16(21)20-9-17(22)10-23-8-12-3-1-2-4-13(12)17/h1-7,22H,8-10H2,(H,20,21). The van der Waals surface area contributed by atoms with Crippen LogP contribution in [0.5, 0.6) is 0 Å². The maximum absolute atomic E-state index is 13.2. The second kappa shape index (κ2) is 6.29. The number of thioether (sulfide) groups is 1. The minimum Gasteiger partial charge on any atom is -0.382 e. The Kier molecular flexibility index (Phi) is 4.37. The lowest BCUT2D eigenvalue weighted by molar-refractivity contribution is 0.0552. The Morgan fingerprint density at radius 1 is 1.22 bits per heavy atom. The van der Waals surface area contributed by atoms with Crippen LogP contribution in [0.15, 0.2) is 42.5 Å². The van der Waals surface area contributed by atoms with Crippen molar-refractivity contribution in [3.05, 3.63) is 70.8 Å². The number of carbonyl (C=O) groups excluding carboxylic acids is 1. The van der Waals surface area contributed by atoms with Crippen LogP contribution < -0.4 is 5.32 Å². The van der Waals surface area contributed by atoms with Crippen molar-refractivity contribution >= 4 is 17.7 Å². The third kappa shape index (κ3) is 3.23. The summed E-state index contributed by atoms with van der Waals surface area (Å²) >= 11 is 1.59. The summed E-state index contributed by atoms with van der Waals surface area (Å²) in [5, 5.41) is 13.5. The van der Waals surface area contributed by atoms with Gasteiger partial charge in [0.25, 0.3) is 5.91 Å². The van der Waals surface area contributed by atoms with Crippen LogP contribution >= 0.6 is 11.8 Å². The highest BCUT2D eigenvalue weighted by atomic mass is 32.2. The Morgan fingerprint density at radius 2 is 2.00 bits per heavy atom. The highest BCUT2D eigenvalue weighted by Crippen LogP contribution is 2.35. The van der Waals surface area contributed by atoms with Crippen molar-refractivity contribution in [1.82, 2.24) is 5.32 Å². The first kappa shape index (κ1) is 16.0. The molecule has 0 radical (unpaired) electrons. The largest absolute Gasteiger partial charge is 0.382 e. The number of carbonyl (C=O) groups is 1. The van der Waals surface area contributed by atoms with E-state index in [-0.39, 0.29) is 12.1 Å². The molecule has 1 atom stereocenters. The van der Waals surface area contributed by atoms with E-state index in [4.69, 9.17) is 0 Å². The number of halogens is 2. The van der Waals surface area contributed by atoms with Gasteiger partial charge in [-0.1, -0.05) is 24.3 Å². The van der Waals surface area contributed by atoms with Crippen molar-refractivity contribution in [2.45, 2.75) is 11.4 Å². The minimum absolute atomic E-state index is 0.00877. The molecule has 120 valence electrons. The molecule has 0 fully saturated rings. The molecule has 6 heteroatoms. The Labute approximate surface area is 136 Å². The van der Waals surface area contributed by atoms with Gasteiger partial charge in [0.2, 0.25) is 0 Å². The fourth-order valence-corrected chi connectivity index (χ4v) is 3.79. The maximum atomic E-state index is 13.2. The zero-order valence-corrected chi connectivity index (χ0v) is 13.0. The van der Waals surface area contributed by atoms with Crippen LogP contribution in [0, 0.1) is 11.6 Å². The Hall–Kier alpha value is -1.92. The molecule has 0 bridgehead atoms. The number of aliphatic hydroxyl groups is 1. The van der Waals surface area contributed by atoms with Gasteiger partial charge in [0, 0.05) is 17.1 Å². The molecule has 2 aromatic rings. The fraction of sp³-hybridized carbons (Fsp3) is 0.235. The lowest BCUT2D eigenvalue weighted by Gasteiger charge is -2.34. The zero-order valence-electron chi connectivity index (χ0n) is 12.2. The first-order valence-electron chi connectivity index (χ1n) is 7.11. The van der Waals surface area contributed by atoms with E-state index in [2.05, 4.69) is 5.32 Å². The van der Waals surface area contributed by atoms with Crippen molar-refractivity contribution in [2.24, 2.45) is 0 Å². The second-order valence-electron chi connectivity index (χ2n) is 5.49. The van der Waals surface area contributed by atoms with Crippen LogP contribution in [0.25, 0.3) is 0 Å². The predicted octanol–water partition coefficient (Wildman–Crippen LogP) is 2.83. The molecule has 0 saturated heterocycles. The van der Waals surface area contributed by atoms with E-state index < -0.39 is 23.1 Å². The van der Waals surface area contributed by atoms with Gasteiger partial charge in [-0.3, -0.25) is 4.79 Å². The van der Waals surface area contributed by atoms with Gasteiger partial charge in [-0.15, -0.1) is 0 Å². The highest BCUT2D eigenvalue weighted by molar-refractivity contribution is 7.98. The quantitative estimate of drug-likeness (QED) is 0.907. The lowest BCUT2D eigenvalue weighted by atomic mass is 9.91. The van der Waals surface area contributed by atoms with Crippen LogP contribution in [0.4, 0.5) is 8.78 Å². The third-order valence-corrected chi connectivity index (χ3v) is 5.04. The van der Waals surface area contributed by atoms with Gasteiger partial charge in [-0.05, 0) is 29.3 Å². The maximum Gasteiger partial charge on any atom is 0.251 e. The molecule has 0 aromatic heterocycles. The average Bonchev–Trinajstić information content (AvgIpc) is 2.56. The second-order valence-corrected chi connectivity index (χ2v) is 6.48. The summed E-state index contributed by atoms with van der Waals surface area (Å²) in [6.45, 7) is 0.00877. The number of hydrogen-bond acceptors (Lipinski definition) is 3. The van der Waals surface area contributed by atoms with Gasteiger partial charge >= 0.3 is 0 Å². The number of benzene rings is 2. The van der Waals surface area contributed by atoms with Crippen molar-refractivity contribution < 1.29 is 18.7 Å². The van der Waals surface area contributed by atoms with Crippen LogP contribution in [0.1, 0.15) is 21.5 Å². The van der Waals surface area contributed by atoms with Crippen molar-refractivity contribution in [3.63, 3.8) is 0 Å². The van der Waals surface area contributed by atoms with E-state index in [9.17, 15) is 18.7 Å². The normalized spacial score (nSPS) is 20.0. The van der Waals surface area contributed by atoms with Gasteiger partial charge in [-0.2, -0.15) is 11.8 Å². The summed E-state index contributed by atoms with van der Waals surface area (Å²) in [4.78, 5) is 12.1. The highest BCUT2D eigenvalue weighted by Gasteiger charge is 2.35. The summed E-state index contributed by atoms with van der Waals surface area (Å²) in [6, 6.07) is 10.5. The predicted molar refractivity (Wildman–Crippen MR) is 85.2 cm³/mol. The lowest BCUT2D eigenvalue weighted by Crippen LogP contribution is -2.44.